The van der Waals surface area contributed by atoms with E-state index in [1.807, 2.05) is 0 Å². The molecule has 0 fully saturated rings. The maximum atomic E-state index is 10.4. The van der Waals surface area contributed by atoms with Crippen LogP contribution in [0.25, 0.3) is 0 Å². The predicted octanol–water partition coefficient (Wildman–Crippen LogP) is 2.16. The van der Waals surface area contributed by atoms with E-state index in [9.17, 15) is 9.59 Å². The Hall–Kier alpha value is -3.02. The second-order valence-electron chi connectivity index (χ2n) is 4.06. The average molecular weight is 288 g/mol. The smallest absolute Gasteiger partial charge is 0.337 e. The summed E-state index contributed by atoms with van der Waals surface area (Å²) in [5, 5.41) is 8.49. The van der Waals surface area contributed by atoms with Gasteiger partial charge in [-0.15, -0.1) is 0 Å². The predicted molar refractivity (Wildman–Crippen MR) is 80.0 cm³/mol. The third kappa shape index (κ3) is 5.65. The zero-order valence-corrected chi connectivity index (χ0v) is 11.4. The van der Waals surface area contributed by atoms with Crippen LogP contribution in [0, 0.1) is 0 Å². The molecule has 21 heavy (non-hydrogen) atoms. The van der Waals surface area contributed by atoms with E-state index in [0.29, 0.717) is 17.1 Å². The van der Waals surface area contributed by atoms with Gasteiger partial charge in [0.15, 0.2) is 0 Å². The number of anilines is 2. The SMILES string of the molecule is CC(=O)Oc1ccc(N)cc1.Nc1ccccc1C(=O)O. The molecule has 0 spiro atoms. The molecule has 0 aliphatic carbocycles. The van der Waals surface area contributed by atoms with Crippen molar-refractivity contribution >= 4 is 23.3 Å². The number of carbonyl (C=O) groups excluding carboxylic acids is 1. The summed E-state index contributed by atoms with van der Waals surface area (Å²) in [6, 6.07) is 13.0. The van der Waals surface area contributed by atoms with Crippen LogP contribution in [0.5, 0.6) is 5.75 Å². The first kappa shape index (κ1) is 16.0. The van der Waals surface area contributed by atoms with Gasteiger partial charge >= 0.3 is 11.9 Å². The van der Waals surface area contributed by atoms with Crippen LogP contribution in [0.15, 0.2) is 48.5 Å². The summed E-state index contributed by atoms with van der Waals surface area (Å²) in [5.41, 5.74) is 11.9. The van der Waals surface area contributed by atoms with Gasteiger partial charge in [0.2, 0.25) is 0 Å². The number of hydrogen-bond donors (Lipinski definition) is 3. The molecule has 0 aliphatic rings. The van der Waals surface area contributed by atoms with Gasteiger partial charge in [0.05, 0.1) is 5.56 Å². The number of aromatic carboxylic acids is 1. The zero-order chi connectivity index (χ0) is 15.8. The minimum absolute atomic E-state index is 0.155. The molecule has 0 bridgehead atoms. The molecule has 0 amide bonds. The fourth-order valence-electron chi connectivity index (χ4n) is 1.39. The Bertz CT molecular complexity index is 624. The molecule has 0 saturated carbocycles. The highest BCUT2D eigenvalue weighted by atomic mass is 16.5. The lowest BCUT2D eigenvalue weighted by atomic mass is 10.2. The van der Waals surface area contributed by atoms with Crippen LogP contribution in [0.4, 0.5) is 11.4 Å². The van der Waals surface area contributed by atoms with Crippen LogP contribution >= 0.6 is 0 Å². The largest absolute Gasteiger partial charge is 0.478 e. The van der Waals surface area contributed by atoms with E-state index in [0.717, 1.165) is 0 Å². The second-order valence-corrected chi connectivity index (χ2v) is 4.06. The van der Waals surface area contributed by atoms with Crippen molar-refractivity contribution in [3.63, 3.8) is 0 Å². The van der Waals surface area contributed by atoms with Crippen molar-refractivity contribution in [2.24, 2.45) is 0 Å². The molecule has 0 atom stereocenters. The van der Waals surface area contributed by atoms with Gasteiger partial charge in [-0.2, -0.15) is 0 Å². The Morgan fingerprint density at radius 1 is 1.00 bits per heavy atom. The number of carbonyl (C=O) groups is 2. The summed E-state index contributed by atoms with van der Waals surface area (Å²) in [5.74, 6) is -0.792. The van der Waals surface area contributed by atoms with E-state index < -0.39 is 5.97 Å². The van der Waals surface area contributed by atoms with Crippen molar-refractivity contribution in [3.8, 4) is 5.75 Å². The van der Waals surface area contributed by atoms with Crippen LogP contribution in [0.3, 0.4) is 0 Å². The van der Waals surface area contributed by atoms with Gasteiger partial charge in [-0.25, -0.2) is 4.79 Å². The first-order valence-corrected chi connectivity index (χ1v) is 6.02. The topological polar surface area (TPSA) is 116 Å². The van der Waals surface area contributed by atoms with E-state index in [2.05, 4.69) is 0 Å². The van der Waals surface area contributed by atoms with Crippen LogP contribution in [0.1, 0.15) is 17.3 Å². The van der Waals surface area contributed by atoms with E-state index in [-0.39, 0.29) is 11.5 Å². The highest BCUT2D eigenvalue weighted by Crippen LogP contribution is 2.12. The molecule has 5 N–H and O–H groups in total. The third-order valence-electron chi connectivity index (χ3n) is 2.33. The summed E-state index contributed by atoms with van der Waals surface area (Å²) in [6.45, 7) is 1.36. The first-order chi connectivity index (χ1) is 9.90. The Balaban J connectivity index is 0.000000211. The van der Waals surface area contributed by atoms with Crippen molar-refractivity contribution in [2.75, 3.05) is 11.5 Å². The molecule has 0 aliphatic heterocycles. The number of nitrogen functional groups attached to an aromatic ring is 2. The second kappa shape index (κ2) is 7.54. The Morgan fingerprint density at radius 2 is 1.57 bits per heavy atom. The first-order valence-electron chi connectivity index (χ1n) is 6.02. The highest BCUT2D eigenvalue weighted by molar-refractivity contribution is 5.93. The van der Waals surface area contributed by atoms with Crippen LogP contribution in [0.2, 0.25) is 0 Å². The molecule has 0 radical (unpaired) electrons. The maximum absolute atomic E-state index is 10.4. The van der Waals surface area contributed by atoms with Gasteiger partial charge in [0, 0.05) is 18.3 Å². The van der Waals surface area contributed by atoms with Gasteiger partial charge in [-0.3, -0.25) is 4.79 Å². The van der Waals surface area contributed by atoms with Crippen LogP contribution < -0.4 is 16.2 Å². The lowest BCUT2D eigenvalue weighted by molar-refractivity contribution is -0.131. The highest BCUT2D eigenvalue weighted by Gasteiger charge is 2.03. The lowest BCUT2D eigenvalue weighted by Gasteiger charge is -1.99. The van der Waals surface area contributed by atoms with Crippen molar-refractivity contribution in [1.29, 1.82) is 0 Å². The van der Waals surface area contributed by atoms with Gasteiger partial charge in [-0.1, -0.05) is 12.1 Å². The normalized spacial score (nSPS) is 9.19. The molecule has 2 aromatic carbocycles. The Kier molecular flexibility index (Phi) is 5.76. The quantitative estimate of drug-likeness (QED) is 0.443. The Morgan fingerprint density at radius 3 is 2.00 bits per heavy atom. The number of para-hydroxylation sites is 1. The molecule has 0 heterocycles. The summed E-state index contributed by atoms with van der Waals surface area (Å²) in [7, 11) is 0. The number of ether oxygens (including phenoxy) is 1. The van der Waals surface area contributed by atoms with Gasteiger partial charge < -0.3 is 21.3 Å². The van der Waals surface area contributed by atoms with Crippen molar-refractivity contribution < 1.29 is 19.4 Å². The molecule has 2 rings (SSSR count). The molecule has 0 unspecified atom stereocenters. The number of nitrogens with two attached hydrogens (primary N) is 2. The number of carboxylic acid groups (broad SMARTS) is 1. The minimum Gasteiger partial charge on any atom is -0.478 e. The van der Waals surface area contributed by atoms with Crippen LogP contribution in [-0.2, 0) is 4.79 Å². The molecule has 0 aromatic heterocycles. The molecule has 6 heteroatoms. The lowest BCUT2D eigenvalue weighted by Crippen LogP contribution is -2.00. The Labute approximate surface area is 121 Å². The van der Waals surface area contributed by atoms with Gasteiger partial charge in [-0.05, 0) is 36.4 Å². The molecular formula is C15H16N2O4. The van der Waals surface area contributed by atoms with E-state index in [1.165, 1.54) is 13.0 Å². The number of esters is 1. The summed E-state index contributed by atoms with van der Waals surface area (Å²) < 4.78 is 4.77. The fourth-order valence-corrected chi connectivity index (χ4v) is 1.39. The van der Waals surface area contributed by atoms with Crippen molar-refractivity contribution in [1.82, 2.24) is 0 Å². The van der Waals surface area contributed by atoms with Gasteiger partial charge in [0.25, 0.3) is 0 Å². The standard InChI is InChI=1S/C8H9NO2.C7H7NO2/c1-6(10)11-8-4-2-7(9)3-5-8;8-6-4-2-1-3-5(6)7(9)10/h2-5H,9H2,1H3;1-4H,8H2,(H,9,10). The van der Waals surface area contributed by atoms with E-state index in [1.54, 1.807) is 42.5 Å². The molecule has 6 nitrogen and oxygen atoms in total. The van der Waals surface area contributed by atoms with E-state index in [4.69, 9.17) is 21.3 Å². The molecule has 2 aromatic rings. The third-order valence-corrected chi connectivity index (χ3v) is 2.33. The summed E-state index contributed by atoms with van der Waals surface area (Å²) in [4.78, 5) is 20.8. The average Bonchev–Trinajstić information content (AvgIpc) is 2.42. The summed E-state index contributed by atoms with van der Waals surface area (Å²) >= 11 is 0. The van der Waals surface area contributed by atoms with Crippen molar-refractivity contribution in [2.45, 2.75) is 6.92 Å². The van der Waals surface area contributed by atoms with Crippen molar-refractivity contribution in [3.05, 3.63) is 54.1 Å². The number of rotatable bonds is 2. The molecule has 0 saturated heterocycles. The van der Waals surface area contributed by atoms with Crippen LogP contribution in [-0.4, -0.2) is 17.0 Å². The monoisotopic (exact) mass is 288 g/mol. The molecular weight excluding hydrogens is 272 g/mol. The number of carboxylic acids is 1. The number of hydrogen-bond acceptors (Lipinski definition) is 5. The zero-order valence-electron chi connectivity index (χ0n) is 11.4. The summed E-state index contributed by atoms with van der Waals surface area (Å²) in [6.07, 6.45) is 0. The van der Waals surface area contributed by atoms with Gasteiger partial charge in [0.1, 0.15) is 5.75 Å². The molecule has 110 valence electrons. The number of benzene rings is 2. The maximum Gasteiger partial charge on any atom is 0.337 e. The fraction of sp³-hybridized carbons (Fsp3) is 0.0667. The van der Waals surface area contributed by atoms with E-state index >= 15 is 0 Å². The minimum atomic E-state index is -0.988.